The van der Waals surface area contributed by atoms with E-state index < -0.39 is 18.5 Å². The highest BCUT2D eigenvalue weighted by Gasteiger charge is 2.17. The molecule has 0 unspecified atom stereocenters. The molecule has 0 aliphatic rings. The molecule has 0 bridgehead atoms. The molecular weight excluding hydrogens is 334 g/mol. The van der Waals surface area contributed by atoms with Gasteiger partial charge in [0.05, 0.1) is 19.1 Å². The summed E-state index contributed by atoms with van der Waals surface area (Å²) >= 11 is 0. The highest BCUT2D eigenvalue weighted by molar-refractivity contribution is 5.95. The Bertz CT molecular complexity index is 785. The van der Waals surface area contributed by atoms with Crippen LogP contribution in [0.2, 0.25) is 0 Å². The Morgan fingerprint density at radius 3 is 2.62 bits per heavy atom. The van der Waals surface area contributed by atoms with Gasteiger partial charge in [-0.2, -0.15) is 0 Å². The number of anilines is 1. The summed E-state index contributed by atoms with van der Waals surface area (Å²) in [5.41, 5.74) is 1.51. The molecule has 1 aromatic heterocycles. The Morgan fingerprint density at radius 2 is 2.00 bits per heavy atom. The van der Waals surface area contributed by atoms with Crippen LogP contribution < -0.4 is 10.1 Å². The van der Waals surface area contributed by atoms with Crippen molar-refractivity contribution in [3.05, 3.63) is 54.0 Å². The quantitative estimate of drug-likeness (QED) is 0.629. The van der Waals surface area contributed by atoms with Gasteiger partial charge in [0.1, 0.15) is 11.5 Å². The number of furan rings is 1. The summed E-state index contributed by atoms with van der Waals surface area (Å²) in [6.07, 6.45) is 4.17. The highest BCUT2D eigenvalue weighted by Crippen LogP contribution is 2.31. The maximum absolute atomic E-state index is 12.1. The number of hydrogen-bond donors (Lipinski definition) is 1. The summed E-state index contributed by atoms with van der Waals surface area (Å²) in [5.74, 6) is -0.0217. The van der Waals surface area contributed by atoms with Gasteiger partial charge in [0, 0.05) is 6.08 Å². The summed E-state index contributed by atoms with van der Waals surface area (Å²) in [6.45, 7) is 5.83. The molecule has 0 fully saturated rings. The molecule has 0 aliphatic heterocycles. The number of rotatable bonds is 6. The van der Waals surface area contributed by atoms with E-state index >= 15 is 0 Å². The number of ether oxygens (including phenoxy) is 2. The van der Waals surface area contributed by atoms with Crippen molar-refractivity contribution >= 4 is 23.6 Å². The number of amides is 1. The predicted octanol–water partition coefficient (Wildman–Crippen LogP) is 3.78. The molecule has 0 saturated heterocycles. The molecular formula is C20H23NO5. The van der Waals surface area contributed by atoms with E-state index in [0.717, 1.165) is 5.56 Å². The zero-order valence-corrected chi connectivity index (χ0v) is 15.4. The molecule has 138 valence electrons. The van der Waals surface area contributed by atoms with Crippen LogP contribution in [0.3, 0.4) is 0 Å². The average Bonchev–Trinajstić information content (AvgIpc) is 3.11. The maximum atomic E-state index is 12.1. The number of carbonyl (C=O) groups is 2. The lowest BCUT2D eigenvalue weighted by molar-refractivity contribution is -0.142. The fourth-order valence-corrected chi connectivity index (χ4v) is 2.18. The first-order chi connectivity index (χ1) is 12.3. The van der Waals surface area contributed by atoms with Crippen LogP contribution in [0.1, 0.15) is 32.1 Å². The van der Waals surface area contributed by atoms with Crippen molar-refractivity contribution in [2.45, 2.75) is 26.2 Å². The van der Waals surface area contributed by atoms with Crippen LogP contribution in [0.15, 0.2) is 47.1 Å². The minimum absolute atomic E-state index is 0.0745. The van der Waals surface area contributed by atoms with Gasteiger partial charge >= 0.3 is 5.97 Å². The minimum Gasteiger partial charge on any atom is -0.495 e. The van der Waals surface area contributed by atoms with Crippen LogP contribution in [0.25, 0.3) is 6.08 Å². The number of hydrogen-bond acceptors (Lipinski definition) is 5. The summed E-state index contributed by atoms with van der Waals surface area (Å²) in [6, 6.07) is 9.01. The Kier molecular flexibility index (Phi) is 6.22. The monoisotopic (exact) mass is 357 g/mol. The first kappa shape index (κ1) is 19.3. The van der Waals surface area contributed by atoms with Crippen molar-refractivity contribution in [2.75, 3.05) is 19.0 Å². The lowest BCUT2D eigenvalue weighted by Crippen LogP contribution is -2.21. The van der Waals surface area contributed by atoms with Crippen LogP contribution >= 0.6 is 0 Å². The molecule has 6 heteroatoms. The van der Waals surface area contributed by atoms with E-state index in [1.165, 1.54) is 25.5 Å². The largest absolute Gasteiger partial charge is 0.495 e. The van der Waals surface area contributed by atoms with Crippen LogP contribution in [-0.4, -0.2) is 25.6 Å². The van der Waals surface area contributed by atoms with Crippen molar-refractivity contribution in [3.8, 4) is 5.75 Å². The van der Waals surface area contributed by atoms with Gasteiger partial charge in [0.15, 0.2) is 6.61 Å². The van der Waals surface area contributed by atoms with E-state index in [0.29, 0.717) is 17.2 Å². The number of benzene rings is 1. The van der Waals surface area contributed by atoms with Crippen molar-refractivity contribution in [2.24, 2.45) is 0 Å². The molecule has 2 aromatic rings. The third kappa shape index (κ3) is 5.51. The molecule has 0 spiro atoms. The van der Waals surface area contributed by atoms with Crippen LogP contribution in [0, 0.1) is 0 Å². The zero-order chi connectivity index (χ0) is 19.2. The first-order valence-corrected chi connectivity index (χ1v) is 8.16. The van der Waals surface area contributed by atoms with Crippen molar-refractivity contribution in [1.29, 1.82) is 0 Å². The van der Waals surface area contributed by atoms with Crippen LogP contribution in [0.5, 0.6) is 5.75 Å². The molecule has 0 radical (unpaired) electrons. The molecule has 1 amide bonds. The van der Waals surface area contributed by atoms with Gasteiger partial charge in [-0.3, -0.25) is 4.79 Å². The van der Waals surface area contributed by atoms with E-state index in [1.54, 1.807) is 18.2 Å². The number of methoxy groups -OCH3 is 1. The number of esters is 1. The van der Waals surface area contributed by atoms with Gasteiger partial charge in [-0.05, 0) is 41.3 Å². The Balaban J connectivity index is 1.95. The van der Waals surface area contributed by atoms with Crippen molar-refractivity contribution < 1.29 is 23.5 Å². The minimum atomic E-state index is -0.632. The fourth-order valence-electron chi connectivity index (χ4n) is 2.18. The molecule has 2 rings (SSSR count). The molecule has 1 heterocycles. The molecule has 26 heavy (non-hydrogen) atoms. The highest BCUT2D eigenvalue weighted by atomic mass is 16.5. The summed E-state index contributed by atoms with van der Waals surface area (Å²) in [7, 11) is 1.53. The molecule has 6 nitrogen and oxygen atoms in total. The Labute approximate surface area is 152 Å². The molecule has 0 atom stereocenters. The van der Waals surface area contributed by atoms with E-state index in [-0.39, 0.29) is 5.41 Å². The SMILES string of the molecule is COc1ccc(C(C)(C)C)cc1NC(=O)COC(=O)/C=C/c1ccco1. The van der Waals surface area contributed by atoms with E-state index in [9.17, 15) is 9.59 Å². The molecule has 0 aliphatic carbocycles. The molecule has 1 aromatic carbocycles. The normalized spacial score (nSPS) is 11.4. The van der Waals surface area contributed by atoms with E-state index in [4.69, 9.17) is 13.9 Å². The third-order valence-corrected chi connectivity index (χ3v) is 3.61. The average molecular weight is 357 g/mol. The van der Waals surface area contributed by atoms with Gasteiger partial charge in [-0.15, -0.1) is 0 Å². The third-order valence-electron chi connectivity index (χ3n) is 3.61. The second kappa shape index (κ2) is 8.38. The standard InChI is InChI=1S/C20H23NO5/c1-20(2,3)14-7-9-17(24-4)16(12-14)21-18(22)13-26-19(23)10-8-15-6-5-11-25-15/h5-12H,13H2,1-4H3,(H,21,22)/b10-8+. The Morgan fingerprint density at radius 1 is 1.23 bits per heavy atom. The van der Waals surface area contributed by atoms with E-state index in [1.807, 2.05) is 12.1 Å². The van der Waals surface area contributed by atoms with Crippen molar-refractivity contribution in [1.82, 2.24) is 0 Å². The van der Waals surface area contributed by atoms with E-state index in [2.05, 4.69) is 26.1 Å². The topological polar surface area (TPSA) is 77.8 Å². The predicted molar refractivity (Wildman–Crippen MR) is 99.0 cm³/mol. The summed E-state index contributed by atoms with van der Waals surface area (Å²) in [5, 5.41) is 2.72. The molecule has 1 N–H and O–H groups in total. The van der Waals surface area contributed by atoms with Gasteiger partial charge in [0.2, 0.25) is 0 Å². The van der Waals surface area contributed by atoms with Crippen LogP contribution in [0.4, 0.5) is 5.69 Å². The van der Waals surface area contributed by atoms with Gasteiger partial charge in [-0.1, -0.05) is 26.8 Å². The van der Waals surface area contributed by atoms with Gasteiger partial charge in [-0.25, -0.2) is 4.79 Å². The lowest BCUT2D eigenvalue weighted by atomic mass is 9.87. The second-order valence-electron chi connectivity index (χ2n) is 6.67. The summed E-state index contributed by atoms with van der Waals surface area (Å²) in [4.78, 5) is 23.7. The maximum Gasteiger partial charge on any atom is 0.331 e. The van der Waals surface area contributed by atoms with Gasteiger partial charge < -0.3 is 19.2 Å². The number of nitrogens with one attached hydrogen (secondary N) is 1. The summed E-state index contributed by atoms with van der Waals surface area (Å²) < 4.78 is 15.3. The first-order valence-electron chi connectivity index (χ1n) is 8.16. The molecule has 0 saturated carbocycles. The van der Waals surface area contributed by atoms with Crippen LogP contribution in [-0.2, 0) is 19.7 Å². The van der Waals surface area contributed by atoms with Gasteiger partial charge in [0.25, 0.3) is 5.91 Å². The lowest BCUT2D eigenvalue weighted by Gasteiger charge is -2.21. The Hall–Kier alpha value is -3.02. The second-order valence-corrected chi connectivity index (χ2v) is 6.67. The van der Waals surface area contributed by atoms with Crippen molar-refractivity contribution in [3.63, 3.8) is 0 Å². The fraction of sp³-hybridized carbons (Fsp3) is 0.300. The zero-order valence-electron chi connectivity index (χ0n) is 15.4. The smallest absolute Gasteiger partial charge is 0.331 e. The number of carbonyl (C=O) groups excluding carboxylic acids is 2.